The van der Waals surface area contributed by atoms with E-state index in [0.717, 1.165) is 63.7 Å². The van der Waals surface area contributed by atoms with Crippen LogP contribution >= 0.6 is 0 Å². The summed E-state index contributed by atoms with van der Waals surface area (Å²) in [4.78, 5) is 16.3. The molecule has 31 heavy (non-hydrogen) atoms. The van der Waals surface area contributed by atoms with Crippen LogP contribution in [-0.2, 0) is 26.7 Å². The second kappa shape index (κ2) is 12.7. The number of rotatable bonds is 12. The van der Waals surface area contributed by atoms with Gasteiger partial charge in [0.25, 0.3) is 0 Å². The average molecular weight is 451 g/mol. The second-order valence-corrected chi connectivity index (χ2v) is 11.1. The molecular weight excluding hydrogens is 408 g/mol. The summed E-state index contributed by atoms with van der Waals surface area (Å²) in [6, 6.07) is 8.60. The van der Waals surface area contributed by atoms with E-state index in [1.165, 1.54) is 24.8 Å². The summed E-state index contributed by atoms with van der Waals surface area (Å²) in [7, 11) is -2.51. The Labute approximate surface area is 191 Å². The number of likely N-dealkylation sites (tertiary alicyclic amines) is 1. The first kappa shape index (κ1) is 26.0. The molecule has 0 amide bonds. The number of carbonyl (C=O) groups excluding carboxylic acids is 1. The van der Waals surface area contributed by atoms with E-state index in [1.807, 2.05) is 12.1 Å². The van der Waals surface area contributed by atoms with E-state index in [-0.39, 0.29) is 6.04 Å². The molecule has 5 nitrogen and oxygen atoms in total. The van der Waals surface area contributed by atoms with E-state index in [1.54, 1.807) is 13.8 Å². The van der Waals surface area contributed by atoms with Crippen LogP contribution in [0.25, 0.3) is 0 Å². The monoisotopic (exact) mass is 450 g/mol. The number of nitrogens with zero attached hydrogens (tertiary/aromatic N) is 2. The van der Waals surface area contributed by atoms with Gasteiger partial charge in [0.15, 0.2) is 0 Å². The number of benzene rings is 1. The number of likely N-dealkylation sites (N-methyl/N-ethyl adjacent to an activating group) is 1. The normalized spacial score (nSPS) is 19.5. The van der Waals surface area contributed by atoms with Crippen LogP contribution in [-0.4, -0.2) is 62.8 Å². The number of thiol groups is 1. The zero-order chi connectivity index (χ0) is 22.9. The fourth-order valence-electron chi connectivity index (χ4n) is 4.57. The summed E-state index contributed by atoms with van der Waals surface area (Å²) in [6.07, 6.45) is 9.02. The Bertz CT molecular complexity index is 738. The van der Waals surface area contributed by atoms with Gasteiger partial charge in [-0.2, -0.15) is 0 Å². The van der Waals surface area contributed by atoms with Crippen molar-refractivity contribution in [3.63, 3.8) is 0 Å². The minimum Gasteiger partial charge on any atom is -0.302 e. The molecule has 1 aromatic carbocycles. The van der Waals surface area contributed by atoms with Gasteiger partial charge in [-0.15, -0.1) is 0 Å². The van der Waals surface area contributed by atoms with Gasteiger partial charge >= 0.3 is 0 Å². The third-order valence-corrected chi connectivity index (χ3v) is 8.06. The van der Waals surface area contributed by atoms with Gasteiger partial charge in [-0.05, 0) is 90.2 Å². The molecule has 6 heteroatoms. The Balaban J connectivity index is 1.82. The van der Waals surface area contributed by atoms with Crippen LogP contribution in [0, 0.1) is 0 Å². The molecule has 1 aromatic rings. The van der Waals surface area contributed by atoms with Gasteiger partial charge in [0.05, 0.1) is 10.8 Å². The van der Waals surface area contributed by atoms with E-state index in [2.05, 4.69) is 35.8 Å². The number of aldehydes is 1. The van der Waals surface area contributed by atoms with Crippen molar-refractivity contribution in [2.24, 2.45) is 0 Å². The van der Waals surface area contributed by atoms with E-state index < -0.39 is 15.5 Å². The molecule has 2 atom stereocenters. The molecule has 0 radical (unpaired) electrons. The van der Waals surface area contributed by atoms with Crippen LogP contribution in [0.3, 0.4) is 0 Å². The first-order valence-electron chi connectivity index (χ1n) is 12.0. The third-order valence-electron chi connectivity index (χ3n) is 6.89. The molecule has 0 bridgehead atoms. The zero-order valence-electron chi connectivity index (χ0n) is 19.9. The Kier molecular flexibility index (Phi) is 10.7. The predicted molar refractivity (Wildman–Crippen MR) is 129 cm³/mol. The van der Waals surface area contributed by atoms with Crippen LogP contribution in [0.4, 0.5) is 0 Å². The minimum atomic E-state index is -2.51. The van der Waals surface area contributed by atoms with Crippen molar-refractivity contribution >= 4 is 17.0 Å². The molecule has 2 rings (SSSR count). The molecule has 1 heterocycles. The predicted octanol–water partition coefficient (Wildman–Crippen LogP) is 4.01. The molecule has 176 valence electrons. The summed E-state index contributed by atoms with van der Waals surface area (Å²) in [6.45, 7) is 12.1. The molecule has 2 unspecified atom stereocenters. The Morgan fingerprint density at radius 3 is 2.48 bits per heavy atom. The fraction of sp³-hybridized carbons (Fsp3) is 0.720. The van der Waals surface area contributed by atoms with Crippen LogP contribution in [0.1, 0.15) is 77.3 Å². The number of hydrogen-bond acceptors (Lipinski definition) is 5. The third kappa shape index (κ3) is 7.69. The minimum absolute atomic E-state index is 0.122. The standard InChI is InChI=1S/C25H42N2O3S/c1-5-26(16-9-10-18-27-17-8-6-7-11-24(27)20-28)21(2)19-22-12-14-23(15-13-22)25(3,4)31(29)30/h12-15,20-21,24,31H,5-11,16-19H2,1-4H3. The lowest BCUT2D eigenvalue weighted by Gasteiger charge is -2.29. The molecule has 1 aliphatic heterocycles. The van der Waals surface area contributed by atoms with Gasteiger partial charge in [0, 0.05) is 6.04 Å². The lowest BCUT2D eigenvalue weighted by Crippen LogP contribution is -2.38. The zero-order valence-corrected chi connectivity index (χ0v) is 20.8. The summed E-state index contributed by atoms with van der Waals surface area (Å²) in [5, 5.41) is 0. The van der Waals surface area contributed by atoms with E-state index in [4.69, 9.17) is 0 Å². The van der Waals surface area contributed by atoms with Crippen LogP contribution in [0.2, 0.25) is 0 Å². The van der Waals surface area contributed by atoms with Crippen LogP contribution in [0.15, 0.2) is 24.3 Å². The maximum absolute atomic E-state index is 11.5. The van der Waals surface area contributed by atoms with Gasteiger partial charge in [-0.25, -0.2) is 8.42 Å². The number of hydrogen-bond donors (Lipinski definition) is 1. The van der Waals surface area contributed by atoms with Crippen LogP contribution < -0.4 is 0 Å². The van der Waals surface area contributed by atoms with Crippen LogP contribution in [0.5, 0.6) is 0 Å². The molecule has 1 fully saturated rings. The maximum atomic E-state index is 11.5. The lowest BCUT2D eigenvalue weighted by atomic mass is 9.98. The van der Waals surface area contributed by atoms with Crippen molar-refractivity contribution in [2.75, 3.05) is 26.2 Å². The summed E-state index contributed by atoms with van der Waals surface area (Å²) in [5.41, 5.74) is 2.08. The molecular formula is C25H42N2O3S. The average Bonchev–Trinajstić information content (AvgIpc) is 2.98. The summed E-state index contributed by atoms with van der Waals surface area (Å²) >= 11 is 0. The van der Waals surface area contributed by atoms with Gasteiger partial charge in [0.1, 0.15) is 17.0 Å². The maximum Gasteiger partial charge on any atom is 0.149 e. The molecule has 1 aliphatic rings. The SMILES string of the molecule is CCN(CCCCN1CCCCCC1C=O)C(C)Cc1ccc(C(C)(C)[SH](=O)=O)cc1. The summed E-state index contributed by atoms with van der Waals surface area (Å²) < 4.78 is 22.2. The second-order valence-electron chi connectivity index (χ2n) is 9.49. The van der Waals surface area contributed by atoms with Crippen molar-refractivity contribution in [1.82, 2.24) is 9.80 Å². The van der Waals surface area contributed by atoms with Crippen molar-refractivity contribution in [1.29, 1.82) is 0 Å². The highest BCUT2D eigenvalue weighted by molar-refractivity contribution is 7.73. The van der Waals surface area contributed by atoms with Crippen molar-refractivity contribution in [2.45, 2.75) is 89.5 Å². The molecule has 0 aliphatic carbocycles. The molecule has 0 saturated carbocycles. The Morgan fingerprint density at radius 2 is 1.87 bits per heavy atom. The number of carbonyl (C=O) groups is 1. The molecule has 0 N–H and O–H groups in total. The highest BCUT2D eigenvalue weighted by Crippen LogP contribution is 2.24. The molecule has 0 aromatic heterocycles. The topological polar surface area (TPSA) is 57.7 Å². The first-order chi connectivity index (χ1) is 14.8. The van der Waals surface area contributed by atoms with Crippen molar-refractivity contribution in [3.8, 4) is 0 Å². The van der Waals surface area contributed by atoms with E-state index >= 15 is 0 Å². The van der Waals surface area contributed by atoms with E-state index in [0.29, 0.717) is 6.04 Å². The quantitative estimate of drug-likeness (QED) is 0.296. The lowest BCUT2D eigenvalue weighted by molar-refractivity contribution is -0.112. The Hall–Kier alpha value is -1.24. The Morgan fingerprint density at radius 1 is 1.16 bits per heavy atom. The fourth-order valence-corrected chi connectivity index (χ4v) is 4.93. The molecule has 0 spiro atoms. The van der Waals surface area contributed by atoms with Gasteiger partial charge in [-0.1, -0.05) is 44.0 Å². The highest BCUT2D eigenvalue weighted by Gasteiger charge is 2.24. The van der Waals surface area contributed by atoms with Gasteiger partial charge < -0.3 is 9.69 Å². The number of unbranched alkanes of at least 4 members (excludes halogenated alkanes) is 1. The van der Waals surface area contributed by atoms with Gasteiger partial charge in [-0.3, -0.25) is 4.90 Å². The van der Waals surface area contributed by atoms with Crippen molar-refractivity contribution in [3.05, 3.63) is 35.4 Å². The van der Waals surface area contributed by atoms with E-state index in [9.17, 15) is 13.2 Å². The van der Waals surface area contributed by atoms with Crippen molar-refractivity contribution < 1.29 is 13.2 Å². The van der Waals surface area contributed by atoms with Gasteiger partial charge in [0.2, 0.25) is 0 Å². The largest absolute Gasteiger partial charge is 0.302 e. The molecule has 1 saturated heterocycles. The highest BCUT2D eigenvalue weighted by atomic mass is 32.2. The smallest absolute Gasteiger partial charge is 0.149 e. The summed E-state index contributed by atoms with van der Waals surface area (Å²) in [5.74, 6) is 0. The first-order valence-corrected chi connectivity index (χ1v) is 13.1.